The number of methoxy groups -OCH3 is 2. The van der Waals surface area contributed by atoms with Crippen LogP contribution in [0.4, 0.5) is 5.69 Å². The van der Waals surface area contributed by atoms with E-state index in [0.717, 1.165) is 24.8 Å². The van der Waals surface area contributed by atoms with E-state index in [9.17, 15) is 14.4 Å². The molecular formula is C21H25NO5. The Morgan fingerprint density at radius 1 is 1.07 bits per heavy atom. The maximum atomic E-state index is 13.2. The maximum Gasteiger partial charge on any atom is 0.337 e. The highest BCUT2D eigenvalue weighted by Gasteiger charge is 2.60. The number of anilines is 1. The lowest BCUT2D eigenvalue weighted by Crippen LogP contribution is -2.37. The van der Waals surface area contributed by atoms with Crippen molar-refractivity contribution in [2.45, 2.75) is 33.1 Å². The zero-order valence-corrected chi connectivity index (χ0v) is 16.2. The molecule has 1 N–H and O–H groups in total. The summed E-state index contributed by atoms with van der Waals surface area (Å²) in [7, 11) is 2.52. The lowest BCUT2D eigenvalue weighted by Gasteiger charge is -2.37. The molecule has 0 spiro atoms. The Hall–Kier alpha value is -2.63. The Morgan fingerprint density at radius 3 is 2.07 bits per heavy atom. The van der Waals surface area contributed by atoms with E-state index in [2.05, 4.69) is 25.7 Å². The number of amides is 1. The van der Waals surface area contributed by atoms with Gasteiger partial charge in [-0.3, -0.25) is 4.79 Å². The van der Waals surface area contributed by atoms with Crippen molar-refractivity contribution in [1.82, 2.24) is 0 Å². The van der Waals surface area contributed by atoms with E-state index in [0.29, 0.717) is 11.6 Å². The third-order valence-electron chi connectivity index (χ3n) is 6.36. The van der Waals surface area contributed by atoms with Gasteiger partial charge in [0, 0.05) is 5.69 Å². The molecule has 1 amide bonds. The highest BCUT2D eigenvalue weighted by Crippen LogP contribution is 2.65. The van der Waals surface area contributed by atoms with Crippen molar-refractivity contribution in [2.75, 3.05) is 19.5 Å². The number of carbonyl (C=O) groups excluding carboxylic acids is 3. The first-order valence-corrected chi connectivity index (χ1v) is 8.99. The highest BCUT2D eigenvalue weighted by atomic mass is 16.5. The quantitative estimate of drug-likeness (QED) is 0.646. The Kier molecular flexibility index (Phi) is 4.62. The van der Waals surface area contributed by atoms with Gasteiger partial charge in [0.2, 0.25) is 5.91 Å². The monoisotopic (exact) mass is 371 g/mol. The fourth-order valence-electron chi connectivity index (χ4n) is 4.56. The fraction of sp³-hybridized carbons (Fsp3) is 0.476. The summed E-state index contributed by atoms with van der Waals surface area (Å²) in [6.45, 7) is 8.51. The molecule has 3 rings (SSSR count). The summed E-state index contributed by atoms with van der Waals surface area (Å²) in [5.74, 6) is -0.885. The first-order chi connectivity index (χ1) is 12.7. The summed E-state index contributed by atoms with van der Waals surface area (Å²) in [5, 5.41) is 2.89. The Balaban J connectivity index is 1.93. The van der Waals surface area contributed by atoms with Crippen LogP contribution in [0.3, 0.4) is 0 Å². The molecule has 144 valence electrons. The van der Waals surface area contributed by atoms with Gasteiger partial charge in [0.05, 0.1) is 30.8 Å². The molecule has 0 aliphatic heterocycles. The summed E-state index contributed by atoms with van der Waals surface area (Å²) < 4.78 is 9.48. The standard InChI is InChI=1S/C21H25NO5/c1-12-20(2,3)15-6-7-21(12,11-15)19(25)22-16-9-13(17(23)26-4)8-14(10-16)18(24)27-5/h8-10,15H,1,6-7,11H2,2-5H3,(H,22,25)/t15-,21-/m1/s1. The first-order valence-electron chi connectivity index (χ1n) is 8.99. The second-order valence-electron chi connectivity index (χ2n) is 7.96. The number of nitrogens with one attached hydrogen (secondary N) is 1. The summed E-state index contributed by atoms with van der Waals surface area (Å²) >= 11 is 0. The zero-order chi connectivity index (χ0) is 20.0. The summed E-state index contributed by atoms with van der Waals surface area (Å²) in [5.41, 5.74) is 0.993. The highest BCUT2D eigenvalue weighted by molar-refractivity contribution is 6.02. The van der Waals surface area contributed by atoms with Gasteiger partial charge in [-0.2, -0.15) is 0 Å². The molecule has 2 aliphatic rings. The van der Waals surface area contributed by atoms with Gasteiger partial charge in [0.1, 0.15) is 0 Å². The Morgan fingerprint density at radius 2 is 1.63 bits per heavy atom. The Labute approximate surface area is 158 Å². The zero-order valence-electron chi connectivity index (χ0n) is 16.2. The smallest absolute Gasteiger partial charge is 0.337 e. The lowest BCUT2D eigenvalue weighted by molar-refractivity contribution is -0.123. The van der Waals surface area contributed by atoms with Crippen LogP contribution in [-0.4, -0.2) is 32.1 Å². The van der Waals surface area contributed by atoms with Crippen LogP contribution >= 0.6 is 0 Å². The van der Waals surface area contributed by atoms with Gasteiger partial charge in [0.25, 0.3) is 0 Å². The average molecular weight is 371 g/mol. The second kappa shape index (κ2) is 6.51. The number of benzene rings is 1. The van der Waals surface area contributed by atoms with Gasteiger partial charge in [-0.1, -0.05) is 26.0 Å². The molecule has 0 aromatic heterocycles. The van der Waals surface area contributed by atoms with Crippen molar-refractivity contribution < 1.29 is 23.9 Å². The van der Waals surface area contributed by atoms with Crippen molar-refractivity contribution in [1.29, 1.82) is 0 Å². The van der Waals surface area contributed by atoms with Crippen LogP contribution in [0.2, 0.25) is 0 Å². The van der Waals surface area contributed by atoms with Gasteiger partial charge in [-0.05, 0) is 48.8 Å². The minimum atomic E-state index is -0.596. The van der Waals surface area contributed by atoms with E-state index >= 15 is 0 Å². The predicted molar refractivity (Wildman–Crippen MR) is 100 cm³/mol. The van der Waals surface area contributed by atoms with Crippen LogP contribution in [-0.2, 0) is 14.3 Å². The third-order valence-corrected chi connectivity index (χ3v) is 6.36. The molecule has 0 saturated heterocycles. The number of ether oxygens (including phenoxy) is 2. The molecule has 2 aliphatic carbocycles. The van der Waals surface area contributed by atoms with E-state index in [-0.39, 0.29) is 22.4 Å². The van der Waals surface area contributed by atoms with Crippen LogP contribution in [0, 0.1) is 16.7 Å². The van der Waals surface area contributed by atoms with E-state index < -0.39 is 17.4 Å². The number of rotatable bonds is 4. The minimum Gasteiger partial charge on any atom is -0.465 e. The Bertz CT molecular complexity index is 807. The van der Waals surface area contributed by atoms with Gasteiger partial charge < -0.3 is 14.8 Å². The van der Waals surface area contributed by atoms with Crippen molar-refractivity contribution >= 4 is 23.5 Å². The van der Waals surface area contributed by atoms with E-state index in [1.165, 1.54) is 32.4 Å². The van der Waals surface area contributed by atoms with Crippen molar-refractivity contribution in [3.05, 3.63) is 41.5 Å². The van der Waals surface area contributed by atoms with Gasteiger partial charge >= 0.3 is 11.9 Å². The van der Waals surface area contributed by atoms with Crippen LogP contribution in [0.15, 0.2) is 30.4 Å². The van der Waals surface area contributed by atoms with Crippen LogP contribution in [0.25, 0.3) is 0 Å². The molecule has 1 aromatic rings. The number of fused-ring (bicyclic) bond motifs is 2. The first kappa shape index (κ1) is 19.1. The minimum absolute atomic E-state index is 0.0688. The number of esters is 2. The van der Waals surface area contributed by atoms with E-state index in [1.54, 1.807) is 0 Å². The third kappa shape index (κ3) is 2.93. The summed E-state index contributed by atoms with van der Waals surface area (Å²) in [4.78, 5) is 37.1. The molecule has 2 atom stereocenters. The van der Waals surface area contributed by atoms with Crippen LogP contribution < -0.4 is 5.32 Å². The lowest BCUT2D eigenvalue weighted by atomic mass is 9.68. The topological polar surface area (TPSA) is 81.7 Å². The molecule has 0 unspecified atom stereocenters. The number of carbonyl (C=O) groups is 3. The van der Waals surface area contributed by atoms with Gasteiger partial charge in [0.15, 0.2) is 0 Å². The normalized spacial score (nSPS) is 25.2. The molecular weight excluding hydrogens is 346 g/mol. The van der Waals surface area contributed by atoms with Gasteiger partial charge in [-0.15, -0.1) is 0 Å². The summed E-state index contributed by atoms with van der Waals surface area (Å²) in [6, 6.07) is 4.39. The number of hydrogen-bond acceptors (Lipinski definition) is 5. The van der Waals surface area contributed by atoms with Crippen LogP contribution in [0.5, 0.6) is 0 Å². The average Bonchev–Trinajstić information content (AvgIpc) is 3.19. The molecule has 0 radical (unpaired) electrons. The maximum absolute atomic E-state index is 13.2. The van der Waals surface area contributed by atoms with Crippen molar-refractivity contribution in [3.63, 3.8) is 0 Å². The molecule has 6 nitrogen and oxygen atoms in total. The SMILES string of the molecule is C=C1C(C)(C)[C@@H]2CC[C@@]1(C(=O)Nc1cc(C(=O)OC)cc(C(=O)OC)c1)C2. The second-order valence-corrected chi connectivity index (χ2v) is 7.96. The van der Waals surface area contributed by atoms with E-state index in [4.69, 9.17) is 9.47 Å². The largest absolute Gasteiger partial charge is 0.465 e. The molecule has 6 heteroatoms. The van der Waals surface area contributed by atoms with Crippen molar-refractivity contribution in [3.8, 4) is 0 Å². The molecule has 2 fully saturated rings. The van der Waals surface area contributed by atoms with Crippen molar-refractivity contribution in [2.24, 2.45) is 16.7 Å². The van der Waals surface area contributed by atoms with Gasteiger partial charge in [-0.25, -0.2) is 9.59 Å². The van der Waals surface area contributed by atoms with E-state index in [1.807, 2.05) is 0 Å². The molecule has 27 heavy (non-hydrogen) atoms. The molecule has 2 bridgehead atoms. The fourth-order valence-corrected chi connectivity index (χ4v) is 4.56. The number of hydrogen-bond donors (Lipinski definition) is 1. The summed E-state index contributed by atoms with van der Waals surface area (Å²) in [6.07, 6.45) is 2.55. The molecule has 2 saturated carbocycles. The molecule has 1 aromatic carbocycles. The molecule has 0 heterocycles. The van der Waals surface area contributed by atoms with Crippen LogP contribution in [0.1, 0.15) is 53.8 Å². The predicted octanol–water partition coefficient (Wildman–Crippen LogP) is 3.58.